The average molecular weight is 325 g/mol. The Bertz CT molecular complexity index is 637. The maximum absolute atomic E-state index is 12.2. The molecule has 2 rings (SSSR count). The van der Waals surface area contributed by atoms with Crippen molar-refractivity contribution in [3.63, 3.8) is 0 Å². The molecule has 120 valence electrons. The number of carbonyl (C=O) groups excluding carboxylic acids is 2. The van der Waals surface area contributed by atoms with Crippen LogP contribution in [0.15, 0.2) is 35.2 Å². The summed E-state index contributed by atoms with van der Waals surface area (Å²) in [4.78, 5) is 23.7. The normalized spacial score (nSPS) is 15.9. The summed E-state index contributed by atoms with van der Waals surface area (Å²) in [5.74, 6) is -1.13. The van der Waals surface area contributed by atoms with E-state index in [0.29, 0.717) is 0 Å². The minimum atomic E-state index is -3.50. The van der Waals surface area contributed by atoms with Gasteiger partial charge >= 0.3 is 5.97 Å². The molecule has 22 heavy (non-hydrogen) atoms. The van der Waals surface area contributed by atoms with Crippen LogP contribution in [0.2, 0.25) is 0 Å². The molecule has 0 radical (unpaired) electrons. The molecule has 1 atom stereocenters. The summed E-state index contributed by atoms with van der Waals surface area (Å²) in [7, 11) is -2.28. The Hall–Kier alpha value is -1.89. The van der Waals surface area contributed by atoms with Crippen molar-refractivity contribution in [2.45, 2.75) is 30.2 Å². The molecule has 0 heterocycles. The fraction of sp³-hybridized carbons (Fsp3) is 0.467. The highest BCUT2D eigenvalue weighted by atomic mass is 32.2. The molecule has 7 heteroatoms. The van der Waals surface area contributed by atoms with Crippen LogP contribution < -0.4 is 5.32 Å². The first-order valence-electron chi connectivity index (χ1n) is 7.10. The molecule has 0 aromatic heterocycles. The van der Waals surface area contributed by atoms with E-state index in [1.165, 1.54) is 19.2 Å². The van der Waals surface area contributed by atoms with Crippen molar-refractivity contribution < 1.29 is 22.7 Å². The van der Waals surface area contributed by atoms with Gasteiger partial charge in [-0.1, -0.05) is 18.2 Å². The van der Waals surface area contributed by atoms with Crippen LogP contribution in [0.3, 0.4) is 0 Å². The van der Waals surface area contributed by atoms with Gasteiger partial charge in [-0.2, -0.15) is 0 Å². The van der Waals surface area contributed by atoms with Crippen LogP contribution in [-0.2, 0) is 24.2 Å². The largest absolute Gasteiger partial charge is 0.467 e. The summed E-state index contributed by atoms with van der Waals surface area (Å²) in [5, 5.41) is 2.58. The van der Waals surface area contributed by atoms with E-state index in [1.54, 1.807) is 18.2 Å². The topological polar surface area (TPSA) is 89.5 Å². The van der Waals surface area contributed by atoms with Gasteiger partial charge in [0, 0.05) is 5.92 Å². The molecule has 1 saturated carbocycles. The van der Waals surface area contributed by atoms with Crippen LogP contribution in [0.1, 0.15) is 19.3 Å². The third kappa shape index (κ3) is 4.30. The number of ether oxygens (including phenoxy) is 1. The molecule has 0 spiro atoms. The number of methoxy groups -OCH3 is 1. The zero-order chi connectivity index (χ0) is 16.2. The predicted octanol–water partition coefficient (Wildman–Crippen LogP) is 0.918. The molecule has 0 unspecified atom stereocenters. The van der Waals surface area contributed by atoms with Crippen LogP contribution in [0, 0.1) is 5.92 Å². The number of carbonyl (C=O) groups is 2. The van der Waals surface area contributed by atoms with Crippen LogP contribution in [-0.4, -0.2) is 39.2 Å². The number of benzene rings is 1. The van der Waals surface area contributed by atoms with Gasteiger partial charge in [-0.15, -0.1) is 0 Å². The second-order valence-electron chi connectivity index (χ2n) is 5.28. The third-order valence-corrected chi connectivity index (χ3v) is 5.29. The molecule has 1 aliphatic carbocycles. The van der Waals surface area contributed by atoms with Gasteiger partial charge in [0.15, 0.2) is 9.84 Å². The predicted molar refractivity (Wildman–Crippen MR) is 79.8 cm³/mol. The van der Waals surface area contributed by atoms with Crippen LogP contribution in [0.25, 0.3) is 0 Å². The summed E-state index contributed by atoms with van der Waals surface area (Å²) in [6, 6.07) is 7.08. The summed E-state index contributed by atoms with van der Waals surface area (Å²) in [6.45, 7) is 0. The Balaban J connectivity index is 2.01. The maximum Gasteiger partial charge on any atom is 0.328 e. The van der Waals surface area contributed by atoms with Crippen molar-refractivity contribution in [2.24, 2.45) is 5.92 Å². The molecule has 6 nitrogen and oxygen atoms in total. The van der Waals surface area contributed by atoms with Crippen molar-refractivity contribution in [1.82, 2.24) is 5.32 Å². The Kier molecular flexibility index (Phi) is 5.18. The molecule has 0 saturated heterocycles. The first kappa shape index (κ1) is 16.5. The fourth-order valence-electron chi connectivity index (χ4n) is 2.04. The molecular formula is C15H19NO5S. The Morgan fingerprint density at radius 1 is 1.27 bits per heavy atom. The molecule has 1 aromatic carbocycles. The van der Waals surface area contributed by atoms with Crippen molar-refractivity contribution in [3.8, 4) is 0 Å². The number of rotatable bonds is 7. The maximum atomic E-state index is 12.2. The third-order valence-electron chi connectivity index (χ3n) is 3.53. The molecule has 0 bridgehead atoms. The van der Waals surface area contributed by atoms with E-state index in [1.807, 2.05) is 0 Å². The smallest absolute Gasteiger partial charge is 0.328 e. The molecule has 1 N–H and O–H groups in total. The van der Waals surface area contributed by atoms with Crippen LogP contribution in [0.4, 0.5) is 0 Å². The van der Waals surface area contributed by atoms with Gasteiger partial charge in [0.05, 0.1) is 17.8 Å². The van der Waals surface area contributed by atoms with E-state index in [2.05, 4.69) is 10.1 Å². The molecule has 1 aliphatic rings. The molecule has 1 fully saturated rings. The van der Waals surface area contributed by atoms with Gasteiger partial charge in [-0.05, 0) is 31.4 Å². The van der Waals surface area contributed by atoms with Crippen molar-refractivity contribution >= 4 is 21.7 Å². The molecule has 1 amide bonds. The first-order valence-corrected chi connectivity index (χ1v) is 8.75. The lowest BCUT2D eigenvalue weighted by Crippen LogP contribution is -2.43. The van der Waals surface area contributed by atoms with Crippen molar-refractivity contribution in [1.29, 1.82) is 0 Å². The van der Waals surface area contributed by atoms with Gasteiger partial charge in [0.25, 0.3) is 0 Å². The highest BCUT2D eigenvalue weighted by Gasteiger charge is 2.33. The van der Waals surface area contributed by atoms with Crippen LogP contribution >= 0.6 is 0 Å². The monoisotopic (exact) mass is 325 g/mol. The van der Waals surface area contributed by atoms with E-state index >= 15 is 0 Å². The molecule has 0 aliphatic heterocycles. The lowest BCUT2D eigenvalue weighted by atomic mass is 10.2. The van der Waals surface area contributed by atoms with E-state index in [4.69, 9.17) is 0 Å². The lowest BCUT2D eigenvalue weighted by molar-refractivity contribution is -0.145. The van der Waals surface area contributed by atoms with E-state index < -0.39 is 21.8 Å². The standard InChI is InChI=1S/C15H19NO5S/c1-21-15(18)13(16-14(17)11-7-8-11)9-10-22(19,20)12-5-3-2-4-6-12/h2-6,11,13H,7-10H2,1H3,(H,16,17)/t13-/m1/s1. The summed E-state index contributed by atoms with van der Waals surface area (Å²) in [5.41, 5.74) is 0. The Morgan fingerprint density at radius 3 is 2.45 bits per heavy atom. The summed E-state index contributed by atoms with van der Waals surface area (Å²) in [6.07, 6.45) is 1.60. The van der Waals surface area contributed by atoms with E-state index in [9.17, 15) is 18.0 Å². The van der Waals surface area contributed by atoms with Gasteiger partial charge < -0.3 is 10.1 Å². The van der Waals surface area contributed by atoms with Crippen molar-refractivity contribution in [2.75, 3.05) is 12.9 Å². The SMILES string of the molecule is COC(=O)[C@@H](CCS(=O)(=O)c1ccccc1)NC(=O)C1CC1. The zero-order valence-corrected chi connectivity index (χ0v) is 13.1. The average Bonchev–Trinajstić information content (AvgIpc) is 3.36. The lowest BCUT2D eigenvalue weighted by Gasteiger charge is -2.16. The van der Waals surface area contributed by atoms with Gasteiger partial charge in [0.2, 0.25) is 5.91 Å². The van der Waals surface area contributed by atoms with Crippen LogP contribution in [0.5, 0.6) is 0 Å². The zero-order valence-electron chi connectivity index (χ0n) is 12.3. The summed E-state index contributed by atoms with van der Waals surface area (Å²) >= 11 is 0. The quantitative estimate of drug-likeness (QED) is 0.753. The number of sulfone groups is 1. The molecular weight excluding hydrogens is 306 g/mol. The fourth-order valence-corrected chi connectivity index (χ4v) is 3.40. The van der Waals surface area contributed by atoms with Gasteiger partial charge in [-0.25, -0.2) is 13.2 Å². The van der Waals surface area contributed by atoms with Gasteiger partial charge in [0.1, 0.15) is 6.04 Å². The summed E-state index contributed by atoms with van der Waals surface area (Å²) < 4.78 is 29.1. The number of amides is 1. The van der Waals surface area contributed by atoms with Crippen molar-refractivity contribution in [3.05, 3.63) is 30.3 Å². The number of hydrogen-bond donors (Lipinski definition) is 1. The minimum Gasteiger partial charge on any atom is -0.467 e. The number of nitrogens with one attached hydrogen (secondary N) is 1. The Labute approximate surface area is 129 Å². The van der Waals surface area contributed by atoms with E-state index in [-0.39, 0.29) is 28.9 Å². The minimum absolute atomic E-state index is 0.0115. The van der Waals surface area contributed by atoms with Gasteiger partial charge in [-0.3, -0.25) is 4.79 Å². The molecule has 1 aromatic rings. The van der Waals surface area contributed by atoms with E-state index in [0.717, 1.165) is 12.8 Å². The second kappa shape index (κ2) is 6.91. The first-order chi connectivity index (χ1) is 10.4. The highest BCUT2D eigenvalue weighted by Crippen LogP contribution is 2.29. The Morgan fingerprint density at radius 2 is 1.91 bits per heavy atom. The number of hydrogen-bond acceptors (Lipinski definition) is 5. The second-order valence-corrected chi connectivity index (χ2v) is 7.39. The number of esters is 1. The highest BCUT2D eigenvalue weighted by molar-refractivity contribution is 7.91.